The molecule has 1 aliphatic carbocycles. The van der Waals surface area contributed by atoms with Crippen LogP contribution in [0.4, 0.5) is 0 Å². The number of nitrogens with two attached hydrogens (primary N) is 1. The summed E-state index contributed by atoms with van der Waals surface area (Å²) in [4.78, 5) is 11.7. The first kappa shape index (κ1) is 21.2. The molecule has 0 heterocycles. The van der Waals surface area contributed by atoms with Gasteiger partial charge < -0.3 is 5.73 Å². The van der Waals surface area contributed by atoms with Crippen LogP contribution in [-0.2, 0) is 4.79 Å². The zero-order valence-corrected chi connectivity index (χ0v) is 19.5. The van der Waals surface area contributed by atoms with Crippen LogP contribution in [0.3, 0.4) is 0 Å². The third-order valence-corrected chi connectivity index (χ3v) is 9.00. The molecule has 0 saturated carbocycles. The van der Waals surface area contributed by atoms with E-state index >= 15 is 0 Å². The lowest BCUT2D eigenvalue weighted by Gasteiger charge is -2.67. The van der Waals surface area contributed by atoms with Crippen molar-refractivity contribution in [3.8, 4) is 0 Å². The summed E-state index contributed by atoms with van der Waals surface area (Å²) in [5, 5.41) is 0.181. The fraction of sp³-hybridized carbons (Fsp3) is 0.810. The molecule has 0 aromatic heterocycles. The highest BCUT2D eigenvalue weighted by atomic mass is 28.1. The molecule has 0 fully saturated rings. The van der Waals surface area contributed by atoms with Gasteiger partial charge in [-0.1, -0.05) is 55.4 Å². The minimum atomic E-state index is -0.190. The molecular formula is C21H39NOSi. The summed E-state index contributed by atoms with van der Waals surface area (Å²) < 4.78 is 0. The van der Waals surface area contributed by atoms with Crippen LogP contribution < -0.4 is 5.73 Å². The van der Waals surface area contributed by atoms with Gasteiger partial charge >= 0.3 is 0 Å². The number of primary amides is 1. The number of carbonyl (C=O) groups is 1. The van der Waals surface area contributed by atoms with E-state index in [0.717, 1.165) is 29.5 Å². The van der Waals surface area contributed by atoms with Gasteiger partial charge in [0, 0.05) is 22.1 Å². The van der Waals surface area contributed by atoms with Crippen LogP contribution in [0.1, 0.15) is 81.1 Å². The Labute approximate surface area is 152 Å². The largest absolute Gasteiger partial charge is 0.370 e. The summed E-state index contributed by atoms with van der Waals surface area (Å²) in [5.41, 5.74) is 9.17. The lowest BCUT2D eigenvalue weighted by Crippen LogP contribution is -2.60. The Morgan fingerprint density at radius 2 is 1.54 bits per heavy atom. The Balaban J connectivity index is 3.80. The second kappa shape index (κ2) is 6.50. The average Bonchev–Trinajstić information content (AvgIpc) is 2.75. The SMILES string of the molecule is CCC1([SiH3])C=C=CC1(CC)C(CCC(N)=O)(C(C)(C)C)C(C)(C)C. The average molecular weight is 350 g/mol. The molecule has 1 aliphatic rings. The van der Waals surface area contributed by atoms with Crippen molar-refractivity contribution in [2.24, 2.45) is 27.4 Å². The van der Waals surface area contributed by atoms with E-state index in [2.05, 4.69) is 73.3 Å². The Morgan fingerprint density at radius 1 is 1.04 bits per heavy atom. The first-order valence-corrected chi connectivity index (χ1v) is 10.5. The van der Waals surface area contributed by atoms with Crippen molar-refractivity contribution >= 4 is 16.1 Å². The number of carbonyl (C=O) groups excluding carboxylic acids is 1. The fourth-order valence-electron chi connectivity index (χ4n) is 6.24. The van der Waals surface area contributed by atoms with Crippen molar-refractivity contribution in [1.29, 1.82) is 0 Å². The van der Waals surface area contributed by atoms with Gasteiger partial charge in [0.15, 0.2) is 0 Å². The van der Waals surface area contributed by atoms with Crippen molar-refractivity contribution in [1.82, 2.24) is 0 Å². The third-order valence-electron chi connectivity index (χ3n) is 7.11. The molecule has 0 aromatic carbocycles. The summed E-state index contributed by atoms with van der Waals surface area (Å²) in [5.74, 6) is -0.190. The summed E-state index contributed by atoms with van der Waals surface area (Å²) in [6.07, 6.45) is 8.17. The van der Waals surface area contributed by atoms with Gasteiger partial charge in [-0.05, 0) is 52.7 Å². The molecule has 0 spiro atoms. The highest BCUT2D eigenvalue weighted by Gasteiger charge is 2.66. The monoisotopic (exact) mass is 349 g/mol. The molecule has 0 aliphatic heterocycles. The summed E-state index contributed by atoms with van der Waals surface area (Å²) >= 11 is 0. The van der Waals surface area contributed by atoms with E-state index in [0.29, 0.717) is 6.42 Å². The second-order valence-electron chi connectivity index (χ2n) is 9.92. The van der Waals surface area contributed by atoms with E-state index in [1.807, 2.05) is 0 Å². The van der Waals surface area contributed by atoms with Crippen LogP contribution in [-0.4, -0.2) is 16.1 Å². The number of rotatable bonds is 6. The smallest absolute Gasteiger partial charge is 0.217 e. The first-order chi connectivity index (χ1) is 10.7. The van der Waals surface area contributed by atoms with Gasteiger partial charge in [0.25, 0.3) is 0 Å². The molecule has 0 aromatic rings. The first-order valence-electron chi connectivity index (χ1n) is 9.48. The zero-order chi connectivity index (χ0) is 19.0. The molecule has 0 radical (unpaired) electrons. The Hall–Kier alpha value is -0.793. The van der Waals surface area contributed by atoms with Crippen LogP contribution >= 0.6 is 0 Å². The number of amides is 1. The third kappa shape index (κ3) is 2.84. The normalized spacial score (nSPS) is 27.8. The van der Waals surface area contributed by atoms with Crippen LogP contribution in [0.15, 0.2) is 17.9 Å². The van der Waals surface area contributed by atoms with Gasteiger partial charge in [-0.3, -0.25) is 4.79 Å². The van der Waals surface area contributed by atoms with E-state index in [1.54, 1.807) is 0 Å². The molecule has 2 unspecified atom stereocenters. The van der Waals surface area contributed by atoms with Crippen LogP contribution in [0.5, 0.6) is 0 Å². The van der Waals surface area contributed by atoms with E-state index in [9.17, 15) is 4.79 Å². The topological polar surface area (TPSA) is 43.1 Å². The van der Waals surface area contributed by atoms with Crippen molar-refractivity contribution in [3.05, 3.63) is 17.9 Å². The lowest BCUT2D eigenvalue weighted by atomic mass is 9.39. The molecule has 0 saturated heterocycles. The summed E-state index contributed by atoms with van der Waals surface area (Å²) in [6.45, 7) is 18.7. The number of hydrogen-bond donors (Lipinski definition) is 1. The molecule has 3 heteroatoms. The minimum absolute atomic E-state index is 0.0208. The predicted octanol–water partition coefficient (Wildman–Crippen LogP) is 4.39. The van der Waals surface area contributed by atoms with Gasteiger partial charge in [0.05, 0.1) is 0 Å². The quantitative estimate of drug-likeness (QED) is 0.561. The second-order valence-corrected chi connectivity index (χ2v) is 11.7. The molecule has 24 heavy (non-hydrogen) atoms. The molecule has 2 atom stereocenters. The van der Waals surface area contributed by atoms with Crippen molar-refractivity contribution in [3.63, 3.8) is 0 Å². The van der Waals surface area contributed by atoms with E-state index in [4.69, 9.17) is 5.73 Å². The maximum atomic E-state index is 11.7. The van der Waals surface area contributed by atoms with Gasteiger partial charge in [-0.2, -0.15) is 0 Å². The highest BCUT2D eigenvalue weighted by Crippen LogP contribution is 2.74. The standard InChI is InChI=1S/C21H39NOSi/c1-9-19(13-11-14-20(19,24)10-2)21(17(3,4)5,18(6,7)8)15-12-16(22)23/h13-14H,9-10,12,15H2,1-8,24H3,(H2,22,23). The zero-order valence-electron chi connectivity index (χ0n) is 17.5. The van der Waals surface area contributed by atoms with Gasteiger partial charge in [0.2, 0.25) is 5.91 Å². The van der Waals surface area contributed by atoms with Gasteiger partial charge in [-0.25, -0.2) is 0 Å². The van der Waals surface area contributed by atoms with Crippen LogP contribution in [0, 0.1) is 21.7 Å². The Morgan fingerprint density at radius 3 is 1.88 bits per heavy atom. The predicted molar refractivity (Wildman–Crippen MR) is 108 cm³/mol. The molecule has 2 N–H and O–H groups in total. The van der Waals surface area contributed by atoms with E-state index < -0.39 is 0 Å². The van der Waals surface area contributed by atoms with E-state index in [-0.39, 0.29) is 32.6 Å². The number of allylic oxidation sites excluding steroid dienone is 1. The maximum Gasteiger partial charge on any atom is 0.217 e. The lowest BCUT2D eigenvalue weighted by molar-refractivity contribution is -0.148. The van der Waals surface area contributed by atoms with Gasteiger partial charge in [0.1, 0.15) is 0 Å². The maximum absolute atomic E-state index is 11.7. The van der Waals surface area contributed by atoms with Crippen molar-refractivity contribution < 1.29 is 4.79 Å². The minimum Gasteiger partial charge on any atom is -0.370 e. The van der Waals surface area contributed by atoms with Crippen LogP contribution in [0.2, 0.25) is 5.04 Å². The molecule has 138 valence electrons. The molecule has 1 rings (SSSR count). The van der Waals surface area contributed by atoms with Crippen molar-refractivity contribution in [2.75, 3.05) is 0 Å². The molecule has 0 bridgehead atoms. The number of hydrogen-bond acceptors (Lipinski definition) is 1. The Bertz CT molecular complexity index is 531. The fourth-order valence-corrected chi connectivity index (χ4v) is 7.34. The molecule has 2 nitrogen and oxygen atoms in total. The van der Waals surface area contributed by atoms with E-state index in [1.165, 1.54) is 0 Å². The van der Waals surface area contributed by atoms with Crippen molar-refractivity contribution in [2.45, 2.75) is 86.1 Å². The Kier molecular flexibility index (Phi) is 5.75. The van der Waals surface area contributed by atoms with Crippen LogP contribution in [0.25, 0.3) is 0 Å². The summed E-state index contributed by atoms with van der Waals surface area (Å²) in [6, 6.07) is 0. The highest BCUT2D eigenvalue weighted by molar-refractivity contribution is 6.18. The molecular weight excluding hydrogens is 310 g/mol. The summed E-state index contributed by atoms with van der Waals surface area (Å²) in [7, 11) is 1.09. The van der Waals surface area contributed by atoms with Gasteiger partial charge in [-0.15, -0.1) is 5.73 Å². The molecule has 1 amide bonds.